The number of nitrogens with zero attached hydrogens (tertiary/aromatic N) is 4. The van der Waals surface area contributed by atoms with Gasteiger partial charge < -0.3 is 9.15 Å². The van der Waals surface area contributed by atoms with Crippen LogP contribution in [0, 0.1) is 0 Å². The lowest BCUT2D eigenvalue weighted by molar-refractivity contribution is 0.102. The van der Waals surface area contributed by atoms with Gasteiger partial charge in [-0.05, 0) is 51.1 Å². The number of hydrogen-bond donors (Lipinski definition) is 1. The Bertz CT molecular complexity index is 851. The molecule has 8 heteroatoms. The second-order valence-corrected chi connectivity index (χ2v) is 5.58. The fraction of sp³-hybridized carbons (Fsp3) is 0.294. The molecule has 0 bridgehead atoms. The van der Waals surface area contributed by atoms with Crippen LogP contribution in [0.15, 0.2) is 40.9 Å². The Morgan fingerprint density at radius 1 is 1.24 bits per heavy atom. The standard InChI is InChI=1S/C17H19N5O3/c1-4-24-13-7-5-12(6-8-13)15(23)19-17-21-20-16(25-17)14-9-10-18-22(14)11(2)3/h5-11H,4H2,1-3H3,(H,19,21,23). The highest BCUT2D eigenvalue weighted by molar-refractivity contribution is 6.03. The van der Waals surface area contributed by atoms with Crippen molar-refractivity contribution < 1.29 is 13.9 Å². The third-order valence-electron chi connectivity index (χ3n) is 3.45. The molecule has 2 aromatic heterocycles. The van der Waals surface area contributed by atoms with Crippen molar-refractivity contribution in [1.29, 1.82) is 0 Å². The third-order valence-corrected chi connectivity index (χ3v) is 3.45. The zero-order valence-electron chi connectivity index (χ0n) is 14.3. The van der Waals surface area contributed by atoms with Crippen LogP contribution in [0.4, 0.5) is 6.01 Å². The maximum atomic E-state index is 12.3. The average molecular weight is 341 g/mol. The lowest BCUT2D eigenvalue weighted by Crippen LogP contribution is -2.12. The molecule has 1 aromatic carbocycles. The molecule has 0 atom stereocenters. The molecule has 0 aliphatic rings. The Morgan fingerprint density at radius 2 is 2.00 bits per heavy atom. The van der Waals surface area contributed by atoms with Crippen LogP contribution in [0.25, 0.3) is 11.6 Å². The number of amides is 1. The Kier molecular flexibility index (Phi) is 4.78. The van der Waals surface area contributed by atoms with E-state index in [0.29, 0.717) is 29.5 Å². The van der Waals surface area contributed by atoms with E-state index in [4.69, 9.17) is 9.15 Å². The number of nitrogens with one attached hydrogen (secondary N) is 1. The van der Waals surface area contributed by atoms with Gasteiger partial charge in [0.05, 0.1) is 6.61 Å². The van der Waals surface area contributed by atoms with Crippen molar-refractivity contribution in [2.24, 2.45) is 0 Å². The number of ether oxygens (including phenoxy) is 1. The average Bonchev–Trinajstić information content (AvgIpc) is 3.24. The van der Waals surface area contributed by atoms with Crippen molar-refractivity contribution in [2.75, 3.05) is 11.9 Å². The molecule has 0 aliphatic carbocycles. The molecule has 3 rings (SSSR count). The summed E-state index contributed by atoms with van der Waals surface area (Å²) in [5, 5.41) is 14.7. The van der Waals surface area contributed by atoms with Crippen LogP contribution in [0.1, 0.15) is 37.2 Å². The number of benzene rings is 1. The van der Waals surface area contributed by atoms with Crippen LogP contribution in [-0.4, -0.2) is 32.5 Å². The summed E-state index contributed by atoms with van der Waals surface area (Å²) >= 11 is 0. The summed E-state index contributed by atoms with van der Waals surface area (Å²) in [6.45, 7) is 6.48. The van der Waals surface area contributed by atoms with Crippen molar-refractivity contribution >= 4 is 11.9 Å². The van der Waals surface area contributed by atoms with Crippen LogP contribution in [-0.2, 0) is 0 Å². The summed E-state index contributed by atoms with van der Waals surface area (Å²) in [5.41, 5.74) is 1.17. The summed E-state index contributed by atoms with van der Waals surface area (Å²) in [5.74, 6) is 0.671. The van der Waals surface area contributed by atoms with Crippen LogP contribution < -0.4 is 10.1 Å². The SMILES string of the molecule is CCOc1ccc(C(=O)Nc2nnc(-c3ccnn3C(C)C)o2)cc1. The summed E-state index contributed by atoms with van der Waals surface area (Å²) in [6.07, 6.45) is 1.66. The Hall–Kier alpha value is -3.16. The quantitative estimate of drug-likeness (QED) is 0.740. The van der Waals surface area contributed by atoms with Gasteiger partial charge in [-0.3, -0.25) is 14.8 Å². The smallest absolute Gasteiger partial charge is 0.322 e. The van der Waals surface area contributed by atoms with E-state index in [9.17, 15) is 4.79 Å². The topological polar surface area (TPSA) is 95.1 Å². The second kappa shape index (κ2) is 7.16. The maximum Gasteiger partial charge on any atom is 0.322 e. The van der Waals surface area contributed by atoms with Crippen LogP contribution in [0.5, 0.6) is 5.75 Å². The summed E-state index contributed by atoms with van der Waals surface area (Å²) in [7, 11) is 0. The molecule has 0 unspecified atom stereocenters. The molecule has 3 aromatic rings. The fourth-order valence-corrected chi connectivity index (χ4v) is 2.31. The molecule has 0 saturated carbocycles. The van der Waals surface area contributed by atoms with Gasteiger partial charge in [-0.2, -0.15) is 5.10 Å². The van der Waals surface area contributed by atoms with Crippen LogP contribution in [0.2, 0.25) is 0 Å². The fourth-order valence-electron chi connectivity index (χ4n) is 2.31. The van der Waals surface area contributed by atoms with E-state index in [0.717, 1.165) is 0 Å². The van der Waals surface area contributed by atoms with Crippen LogP contribution in [0.3, 0.4) is 0 Å². The molecule has 2 heterocycles. The van der Waals surface area contributed by atoms with Gasteiger partial charge in [0, 0.05) is 17.8 Å². The number of anilines is 1. The van der Waals surface area contributed by atoms with Crippen molar-refractivity contribution in [2.45, 2.75) is 26.8 Å². The van der Waals surface area contributed by atoms with E-state index < -0.39 is 0 Å². The Labute approximate surface area is 144 Å². The summed E-state index contributed by atoms with van der Waals surface area (Å²) < 4.78 is 12.7. The summed E-state index contributed by atoms with van der Waals surface area (Å²) in [4.78, 5) is 12.3. The molecule has 25 heavy (non-hydrogen) atoms. The predicted molar refractivity (Wildman–Crippen MR) is 91.5 cm³/mol. The van der Waals surface area contributed by atoms with E-state index in [1.54, 1.807) is 41.2 Å². The lowest BCUT2D eigenvalue weighted by atomic mass is 10.2. The zero-order valence-corrected chi connectivity index (χ0v) is 14.3. The molecular formula is C17H19N5O3. The number of rotatable bonds is 6. The minimum Gasteiger partial charge on any atom is -0.494 e. The monoisotopic (exact) mass is 341 g/mol. The first-order chi connectivity index (χ1) is 12.1. The first kappa shape index (κ1) is 16.7. The second-order valence-electron chi connectivity index (χ2n) is 5.58. The third kappa shape index (κ3) is 3.68. The van der Waals surface area contributed by atoms with Gasteiger partial charge in [0.1, 0.15) is 11.4 Å². The normalized spacial score (nSPS) is 10.9. The highest BCUT2D eigenvalue weighted by Gasteiger charge is 2.16. The van der Waals surface area contributed by atoms with Gasteiger partial charge in [-0.1, -0.05) is 5.10 Å². The van der Waals surface area contributed by atoms with Crippen LogP contribution >= 0.6 is 0 Å². The summed E-state index contributed by atoms with van der Waals surface area (Å²) in [6, 6.07) is 8.78. The van der Waals surface area contributed by atoms with Gasteiger partial charge in [-0.15, -0.1) is 5.10 Å². The van der Waals surface area contributed by atoms with E-state index in [1.807, 2.05) is 20.8 Å². The van der Waals surface area contributed by atoms with E-state index in [2.05, 4.69) is 20.6 Å². The van der Waals surface area contributed by atoms with Gasteiger partial charge in [0.2, 0.25) is 0 Å². The molecule has 8 nitrogen and oxygen atoms in total. The van der Waals surface area contributed by atoms with Crippen molar-refractivity contribution in [1.82, 2.24) is 20.0 Å². The van der Waals surface area contributed by atoms with E-state index in [1.165, 1.54) is 0 Å². The van der Waals surface area contributed by atoms with Crippen molar-refractivity contribution in [3.8, 4) is 17.3 Å². The highest BCUT2D eigenvalue weighted by atomic mass is 16.5. The molecule has 1 amide bonds. The minimum atomic E-state index is -0.337. The first-order valence-electron chi connectivity index (χ1n) is 8.00. The molecular weight excluding hydrogens is 322 g/mol. The van der Waals surface area contributed by atoms with Gasteiger partial charge in [0.15, 0.2) is 0 Å². The maximum absolute atomic E-state index is 12.3. The molecule has 0 radical (unpaired) electrons. The first-order valence-corrected chi connectivity index (χ1v) is 8.00. The predicted octanol–water partition coefficient (Wildman–Crippen LogP) is 3.17. The zero-order chi connectivity index (χ0) is 17.8. The number of aromatic nitrogens is 4. The molecule has 0 fully saturated rings. The molecule has 1 N–H and O–H groups in total. The van der Waals surface area contributed by atoms with Crippen molar-refractivity contribution in [3.63, 3.8) is 0 Å². The van der Waals surface area contributed by atoms with Gasteiger partial charge in [-0.25, -0.2) is 0 Å². The Morgan fingerprint density at radius 3 is 2.68 bits per heavy atom. The van der Waals surface area contributed by atoms with Gasteiger partial charge in [0.25, 0.3) is 11.8 Å². The number of carbonyl (C=O) groups excluding carboxylic acids is 1. The van der Waals surface area contributed by atoms with Crippen molar-refractivity contribution in [3.05, 3.63) is 42.1 Å². The highest BCUT2D eigenvalue weighted by Crippen LogP contribution is 2.22. The number of hydrogen-bond acceptors (Lipinski definition) is 6. The lowest BCUT2D eigenvalue weighted by Gasteiger charge is -2.07. The van der Waals surface area contributed by atoms with E-state index >= 15 is 0 Å². The Balaban J connectivity index is 1.72. The van der Waals surface area contributed by atoms with E-state index in [-0.39, 0.29) is 18.0 Å². The van der Waals surface area contributed by atoms with Gasteiger partial charge >= 0.3 is 6.01 Å². The largest absolute Gasteiger partial charge is 0.494 e. The molecule has 0 aliphatic heterocycles. The molecule has 0 saturated heterocycles. The minimum absolute atomic E-state index is 0.0328. The number of carbonyl (C=O) groups is 1. The molecule has 0 spiro atoms. The molecule has 130 valence electrons.